The van der Waals surface area contributed by atoms with E-state index in [2.05, 4.69) is 288 Å². The van der Waals surface area contributed by atoms with E-state index >= 15 is 0 Å². The highest BCUT2D eigenvalue weighted by Crippen LogP contribution is 2.47. The Bertz CT molecular complexity index is 4240. The van der Waals surface area contributed by atoms with Gasteiger partial charge in [-0.15, -0.1) is 22.7 Å². The molecule has 14 aromatic rings. The van der Waals surface area contributed by atoms with E-state index in [1.807, 2.05) is 22.7 Å². The van der Waals surface area contributed by atoms with Gasteiger partial charge >= 0.3 is 0 Å². The zero-order valence-electron chi connectivity index (χ0n) is 39.6. The third-order valence-electron chi connectivity index (χ3n) is 14.2. The molecule has 0 fully saturated rings. The lowest BCUT2D eigenvalue weighted by atomic mass is 10.0. The van der Waals surface area contributed by atoms with Gasteiger partial charge in [0.25, 0.3) is 0 Å². The average Bonchev–Trinajstić information content (AvgIpc) is 4.02. The quantitative estimate of drug-likeness (QED) is 0.135. The number of hydrogen-bond acceptors (Lipinski definition) is 5. The van der Waals surface area contributed by atoms with Crippen molar-refractivity contribution in [2.75, 3.05) is 14.7 Å². The summed E-state index contributed by atoms with van der Waals surface area (Å²) >= 11 is 3.71. The van der Waals surface area contributed by atoms with E-state index in [0.717, 1.165) is 56.7 Å². The van der Waals surface area contributed by atoms with Gasteiger partial charge < -0.3 is 14.7 Å². The third-order valence-corrected chi connectivity index (χ3v) is 16.4. The van der Waals surface area contributed by atoms with Gasteiger partial charge in [0.1, 0.15) is 0 Å². The van der Waals surface area contributed by atoms with Gasteiger partial charge in [0.15, 0.2) is 0 Å². The fraction of sp³-hybridized carbons (Fsp3) is 0. The van der Waals surface area contributed by atoms with Gasteiger partial charge in [0, 0.05) is 90.9 Å². The first-order valence-corrected chi connectivity index (χ1v) is 26.4. The van der Waals surface area contributed by atoms with E-state index < -0.39 is 0 Å². The van der Waals surface area contributed by atoms with E-state index in [1.165, 1.54) is 67.5 Å². The number of nitrogens with zero attached hydrogens (tertiary/aromatic N) is 3. The molecule has 73 heavy (non-hydrogen) atoms. The van der Waals surface area contributed by atoms with E-state index in [0.29, 0.717) is 0 Å². The molecule has 14 rings (SSSR count). The van der Waals surface area contributed by atoms with E-state index in [1.54, 1.807) is 0 Å². The van der Waals surface area contributed by atoms with Crippen LogP contribution >= 0.6 is 22.7 Å². The van der Waals surface area contributed by atoms with Crippen molar-refractivity contribution in [2.24, 2.45) is 0 Å². The summed E-state index contributed by atoms with van der Waals surface area (Å²) in [6.07, 6.45) is 0. The molecular formula is C68H45N3S2. The normalized spacial score (nSPS) is 11.6. The predicted octanol–water partition coefficient (Wildman–Crippen LogP) is 20.8. The van der Waals surface area contributed by atoms with Crippen molar-refractivity contribution in [1.29, 1.82) is 0 Å². The molecule has 0 spiro atoms. The van der Waals surface area contributed by atoms with Gasteiger partial charge in [-0.25, -0.2) is 0 Å². The van der Waals surface area contributed by atoms with Crippen LogP contribution in [0.15, 0.2) is 273 Å². The zero-order chi connectivity index (χ0) is 48.2. The van der Waals surface area contributed by atoms with E-state index in [-0.39, 0.29) is 0 Å². The summed E-state index contributed by atoms with van der Waals surface area (Å²) in [6, 6.07) is 99.7. The lowest BCUT2D eigenvalue weighted by Crippen LogP contribution is -2.13. The number of benzene rings is 12. The highest BCUT2D eigenvalue weighted by Gasteiger charge is 2.21. The Hall–Kier alpha value is -9.00. The first-order valence-electron chi connectivity index (χ1n) is 24.7. The van der Waals surface area contributed by atoms with Crippen LogP contribution in [0.5, 0.6) is 0 Å². The predicted molar refractivity (Wildman–Crippen MR) is 317 cm³/mol. The average molecular weight is 968 g/mol. The van der Waals surface area contributed by atoms with Crippen LogP contribution in [0.2, 0.25) is 0 Å². The highest BCUT2D eigenvalue weighted by atomic mass is 32.1. The molecule has 0 saturated carbocycles. The summed E-state index contributed by atoms with van der Waals surface area (Å²) in [5.41, 5.74) is 12.3. The van der Waals surface area contributed by atoms with Crippen LogP contribution in [-0.2, 0) is 0 Å². The molecule has 2 aromatic heterocycles. The molecular weight excluding hydrogens is 923 g/mol. The van der Waals surface area contributed by atoms with E-state index in [4.69, 9.17) is 0 Å². The summed E-state index contributed by atoms with van der Waals surface area (Å²) < 4.78 is 5.09. The Labute approximate surface area is 431 Å². The summed E-state index contributed by atoms with van der Waals surface area (Å²) in [5.74, 6) is 0. The lowest BCUT2D eigenvalue weighted by Gasteiger charge is -2.29. The molecule has 0 amide bonds. The molecule has 344 valence electrons. The molecule has 0 atom stereocenters. The molecule has 12 aromatic carbocycles. The highest BCUT2D eigenvalue weighted by molar-refractivity contribution is 7.26. The molecule has 0 saturated heterocycles. The Morgan fingerprint density at radius 1 is 0.205 bits per heavy atom. The Kier molecular flexibility index (Phi) is 10.6. The molecule has 0 aliphatic rings. The van der Waals surface area contributed by atoms with Crippen molar-refractivity contribution >= 4 is 136 Å². The fourth-order valence-electron chi connectivity index (χ4n) is 10.8. The summed E-state index contributed by atoms with van der Waals surface area (Å²) in [6.45, 7) is 0. The fourth-order valence-corrected chi connectivity index (χ4v) is 13.1. The first-order chi connectivity index (χ1) is 36.2. The largest absolute Gasteiger partial charge is 0.310 e. The second-order valence-electron chi connectivity index (χ2n) is 18.5. The molecule has 2 heterocycles. The lowest BCUT2D eigenvalue weighted by molar-refractivity contribution is 1.25. The second-order valence-corrected chi connectivity index (χ2v) is 20.7. The Morgan fingerprint density at radius 3 is 1.25 bits per heavy atom. The molecule has 0 N–H and O–H groups in total. The van der Waals surface area contributed by atoms with Crippen LogP contribution < -0.4 is 14.7 Å². The maximum atomic E-state index is 2.45. The van der Waals surface area contributed by atoms with Gasteiger partial charge in [0.05, 0.1) is 11.4 Å². The van der Waals surface area contributed by atoms with Crippen molar-refractivity contribution in [1.82, 2.24) is 0 Å². The maximum absolute atomic E-state index is 2.45. The van der Waals surface area contributed by atoms with Gasteiger partial charge in [-0.1, -0.05) is 164 Å². The number of anilines is 9. The minimum Gasteiger partial charge on any atom is -0.310 e. The Morgan fingerprint density at radius 2 is 0.616 bits per heavy atom. The van der Waals surface area contributed by atoms with Gasteiger partial charge in [0.2, 0.25) is 0 Å². The van der Waals surface area contributed by atoms with Crippen LogP contribution in [0.3, 0.4) is 0 Å². The summed E-state index contributed by atoms with van der Waals surface area (Å²) in [4.78, 5) is 7.20. The van der Waals surface area contributed by atoms with Gasteiger partial charge in [-0.05, 0) is 131 Å². The van der Waals surface area contributed by atoms with Gasteiger partial charge in [-0.3, -0.25) is 0 Å². The topological polar surface area (TPSA) is 9.72 Å². The number of fused-ring (bicyclic) bond motifs is 8. The molecule has 0 radical (unpaired) electrons. The molecule has 5 heteroatoms. The van der Waals surface area contributed by atoms with Crippen molar-refractivity contribution < 1.29 is 0 Å². The number of thiophene rings is 2. The molecule has 0 aliphatic heterocycles. The van der Waals surface area contributed by atoms with Crippen molar-refractivity contribution in [3.05, 3.63) is 273 Å². The van der Waals surface area contributed by atoms with Crippen molar-refractivity contribution in [2.45, 2.75) is 0 Å². The van der Waals surface area contributed by atoms with Crippen molar-refractivity contribution in [3.63, 3.8) is 0 Å². The summed E-state index contributed by atoms with van der Waals surface area (Å²) in [5, 5.41) is 9.97. The van der Waals surface area contributed by atoms with Crippen LogP contribution in [0, 0.1) is 0 Å². The van der Waals surface area contributed by atoms with Crippen LogP contribution in [-0.4, -0.2) is 0 Å². The maximum Gasteiger partial charge on any atom is 0.0540 e. The van der Waals surface area contributed by atoms with Gasteiger partial charge in [-0.2, -0.15) is 0 Å². The molecule has 0 bridgehead atoms. The monoisotopic (exact) mass is 967 g/mol. The molecule has 0 unspecified atom stereocenters. The van der Waals surface area contributed by atoms with Crippen molar-refractivity contribution in [3.8, 4) is 11.1 Å². The standard InChI is InChI=1S/C68H45N3S2/c1-3-22-50(23-4-1)69(51-24-5-2-6-25-51)53-27-16-28-54(43-53)70(55-36-38-60-59-31-11-12-34-65(59)72-67(60)44-55)52-26-13-21-48(41-52)49-35-40-66-62(42-49)61-39-37-56(45-68(61)73-66)71(63-32-14-19-46-17-7-9-29-57(46)63)64-33-15-20-47-18-8-10-30-58(47)64/h1-45H. The second kappa shape index (κ2) is 18.0. The number of para-hydroxylation sites is 2. The van der Waals surface area contributed by atoms with Crippen LogP contribution in [0.4, 0.5) is 51.2 Å². The smallest absolute Gasteiger partial charge is 0.0540 e. The van der Waals surface area contributed by atoms with Crippen LogP contribution in [0.25, 0.3) is 73.0 Å². The third kappa shape index (κ3) is 7.65. The minimum absolute atomic E-state index is 1.07. The van der Waals surface area contributed by atoms with E-state index in [9.17, 15) is 0 Å². The SMILES string of the molecule is c1ccc(N(c2ccccc2)c2cccc(N(c3cccc(-c4ccc5sc6cc(N(c7cccc8ccccc78)c7cccc8ccccc78)ccc6c5c4)c3)c3ccc4c(c3)sc3ccccc34)c2)cc1. The minimum atomic E-state index is 1.07. The van der Waals surface area contributed by atoms with Crippen LogP contribution in [0.1, 0.15) is 0 Å². The zero-order valence-corrected chi connectivity index (χ0v) is 41.3. The summed E-state index contributed by atoms with van der Waals surface area (Å²) in [7, 11) is 0. The first kappa shape index (κ1) is 42.8. The molecule has 3 nitrogen and oxygen atoms in total. The molecule has 0 aliphatic carbocycles. The number of rotatable bonds is 10. The Balaban J connectivity index is 0.886. The number of hydrogen-bond donors (Lipinski definition) is 0.